The van der Waals surface area contributed by atoms with E-state index in [-0.39, 0.29) is 0 Å². The number of hydrogen-bond acceptors (Lipinski definition) is 2. The van der Waals surface area contributed by atoms with Gasteiger partial charge in [0.2, 0.25) is 0 Å². The van der Waals surface area contributed by atoms with Crippen molar-refractivity contribution in [3.63, 3.8) is 0 Å². The highest BCUT2D eigenvalue weighted by molar-refractivity contribution is 7.27. The highest BCUT2D eigenvalue weighted by Crippen LogP contribution is 2.44. The molecule has 1 fully saturated rings. The zero-order chi connectivity index (χ0) is 16.2. The predicted molar refractivity (Wildman–Crippen MR) is 100 cm³/mol. The molecule has 0 aromatic heterocycles. The molecule has 0 bridgehead atoms. The second kappa shape index (κ2) is 7.36. The summed E-state index contributed by atoms with van der Waals surface area (Å²) in [5.41, 5.74) is 3.76. The van der Waals surface area contributed by atoms with Gasteiger partial charge in [0.05, 0.1) is 19.8 Å². The van der Waals surface area contributed by atoms with Gasteiger partial charge in [-0.3, -0.25) is 0 Å². The largest absolute Gasteiger partial charge is 0.496 e. The van der Waals surface area contributed by atoms with Crippen LogP contribution in [-0.2, 0) is 0 Å². The van der Waals surface area contributed by atoms with Crippen molar-refractivity contribution in [2.45, 2.75) is 38.0 Å². The number of hydrogen-bond donors (Lipinski definition) is 0. The molecule has 0 radical (unpaired) electrons. The third kappa shape index (κ3) is 3.23. The molecular weight excluding hydrogens is 303 g/mol. The number of benzene rings is 2. The monoisotopic (exact) mass is 328 g/mol. The van der Waals surface area contributed by atoms with Crippen LogP contribution in [0.1, 0.15) is 43.6 Å². The summed E-state index contributed by atoms with van der Waals surface area (Å²) >= 11 is 0. The van der Waals surface area contributed by atoms with Crippen molar-refractivity contribution < 1.29 is 9.47 Å². The Hall–Kier alpha value is -1.53. The molecule has 0 aliphatic heterocycles. The first kappa shape index (κ1) is 16.3. The van der Waals surface area contributed by atoms with E-state index in [4.69, 9.17) is 9.47 Å². The van der Waals surface area contributed by atoms with E-state index in [1.807, 2.05) is 18.2 Å². The van der Waals surface area contributed by atoms with Gasteiger partial charge in [0.1, 0.15) is 11.5 Å². The van der Waals surface area contributed by atoms with Crippen LogP contribution in [0.25, 0.3) is 11.1 Å². The quantitative estimate of drug-likeness (QED) is 0.742. The summed E-state index contributed by atoms with van der Waals surface area (Å²) in [5, 5.41) is 1.29. The molecule has 0 heterocycles. The van der Waals surface area contributed by atoms with Crippen LogP contribution < -0.4 is 14.8 Å². The van der Waals surface area contributed by atoms with E-state index in [0.717, 1.165) is 17.1 Å². The van der Waals surface area contributed by atoms with Crippen LogP contribution in [0.15, 0.2) is 36.4 Å². The highest BCUT2D eigenvalue weighted by atomic mass is 31.0. The molecule has 1 atom stereocenters. The molecule has 1 saturated carbocycles. The van der Waals surface area contributed by atoms with Crippen LogP contribution in [0.4, 0.5) is 0 Å². The van der Waals surface area contributed by atoms with Crippen LogP contribution >= 0.6 is 9.24 Å². The fourth-order valence-corrected chi connectivity index (χ4v) is 4.27. The summed E-state index contributed by atoms with van der Waals surface area (Å²) in [6.45, 7) is 0. The van der Waals surface area contributed by atoms with E-state index in [0.29, 0.717) is 5.92 Å². The molecule has 0 N–H and O–H groups in total. The molecule has 23 heavy (non-hydrogen) atoms. The molecule has 2 aromatic carbocycles. The molecule has 3 rings (SSSR count). The molecule has 1 aliphatic rings. The Balaban J connectivity index is 2.19. The smallest absolute Gasteiger partial charge is 0.130 e. The van der Waals surface area contributed by atoms with E-state index < -0.39 is 0 Å². The third-order valence-electron chi connectivity index (χ3n) is 4.85. The van der Waals surface area contributed by atoms with Crippen molar-refractivity contribution in [1.29, 1.82) is 0 Å². The average molecular weight is 328 g/mol. The standard InChI is InChI=1S/C20H25O2P/c1-21-16-11-7-12-17(22-2)20(16)15-10-6-13-18(23)19(15)14-8-4-3-5-9-14/h6-7,10-14H,3-5,8-9,23H2,1-2H3. The highest BCUT2D eigenvalue weighted by Gasteiger charge is 2.24. The molecule has 3 heteroatoms. The summed E-state index contributed by atoms with van der Waals surface area (Å²) in [5.74, 6) is 2.37. The maximum atomic E-state index is 5.64. The van der Waals surface area contributed by atoms with E-state index in [9.17, 15) is 0 Å². The minimum Gasteiger partial charge on any atom is -0.496 e. The fraction of sp³-hybridized carbons (Fsp3) is 0.400. The van der Waals surface area contributed by atoms with Crippen LogP contribution in [0.2, 0.25) is 0 Å². The summed E-state index contributed by atoms with van der Waals surface area (Å²) in [6.07, 6.45) is 6.56. The second-order valence-corrected chi connectivity index (χ2v) is 6.80. The lowest BCUT2D eigenvalue weighted by Gasteiger charge is -2.27. The molecule has 0 saturated heterocycles. The Labute approximate surface area is 141 Å². The normalized spacial score (nSPS) is 15.4. The zero-order valence-corrected chi connectivity index (χ0v) is 15.1. The van der Waals surface area contributed by atoms with E-state index in [1.165, 1.54) is 48.5 Å². The van der Waals surface area contributed by atoms with E-state index in [1.54, 1.807) is 14.2 Å². The number of rotatable bonds is 4. The van der Waals surface area contributed by atoms with Crippen LogP contribution in [-0.4, -0.2) is 14.2 Å². The van der Waals surface area contributed by atoms with Gasteiger partial charge in [-0.15, -0.1) is 9.24 Å². The Morgan fingerprint density at radius 2 is 1.48 bits per heavy atom. The zero-order valence-electron chi connectivity index (χ0n) is 14.0. The molecular formula is C20H25O2P. The van der Waals surface area contributed by atoms with Crippen molar-refractivity contribution in [3.8, 4) is 22.6 Å². The topological polar surface area (TPSA) is 18.5 Å². The lowest BCUT2D eigenvalue weighted by atomic mass is 9.80. The Kier molecular flexibility index (Phi) is 5.23. The minimum atomic E-state index is 0.627. The maximum absolute atomic E-state index is 5.64. The first-order valence-corrected chi connectivity index (χ1v) is 8.93. The van der Waals surface area contributed by atoms with Gasteiger partial charge in [-0.25, -0.2) is 0 Å². The van der Waals surface area contributed by atoms with Gasteiger partial charge >= 0.3 is 0 Å². The second-order valence-electron chi connectivity index (χ2n) is 6.18. The fourth-order valence-electron chi connectivity index (χ4n) is 3.76. The van der Waals surface area contributed by atoms with Gasteiger partial charge in [-0.1, -0.05) is 43.5 Å². The minimum absolute atomic E-state index is 0.627. The molecule has 122 valence electrons. The van der Waals surface area contributed by atoms with Gasteiger partial charge in [-0.2, -0.15) is 0 Å². The average Bonchev–Trinajstić information content (AvgIpc) is 2.61. The van der Waals surface area contributed by atoms with Crippen LogP contribution in [0.3, 0.4) is 0 Å². The number of ether oxygens (including phenoxy) is 2. The third-order valence-corrected chi connectivity index (χ3v) is 5.35. The Bertz CT molecular complexity index is 653. The van der Waals surface area contributed by atoms with Gasteiger partial charge in [-0.05, 0) is 47.3 Å². The summed E-state index contributed by atoms with van der Waals surface area (Å²) in [6, 6.07) is 12.5. The van der Waals surface area contributed by atoms with Gasteiger partial charge in [0.15, 0.2) is 0 Å². The molecule has 2 aromatic rings. The Morgan fingerprint density at radius 3 is 2.09 bits per heavy atom. The van der Waals surface area contributed by atoms with E-state index in [2.05, 4.69) is 27.4 Å². The maximum Gasteiger partial charge on any atom is 0.130 e. The molecule has 0 spiro atoms. The lowest BCUT2D eigenvalue weighted by Crippen LogP contribution is -2.14. The number of methoxy groups -OCH3 is 2. The lowest BCUT2D eigenvalue weighted by molar-refractivity contribution is 0.397. The van der Waals surface area contributed by atoms with Crippen molar-refractivity contribution in [2.75, 3.05) is 14.2 Å². The Morgan fingerprint density at radius 1 is 0.870 bits per heavy atom. The van der Waals surface area contributed by atoms with Gasteiger partial charge in [0, 0.05) is 0 Å². The van der Waals surface area contributed by atoms with Gasteiger partial charge < -0.3 is 9.47 Å². The first-order valence-electron chi connectivity index (χ1n) is 8.36. The van der Waals surface area contributed by atoms with Gasteiger partial charge in [0.25, 0.3) is 0 Å². The van der Waals surface area contributed by atoms with E-state index >= 15 is 0 Å². The summed E-state index contributed by atoms with van der Waals surface area (Å²) < 4.78 is 11.3. The van der Waals surface area contributed by atoms with Crippen molar-refractivity contribution in [1.82, 2.24) is 0 Å². The molecule has 0 amide bonds. The SMILES string of the molecule is COc1cccc(OC)c1-c1cccc(P)c1C1CCCCC1. The molecule has 1 aliphatic carbocycles. The predicted octanol–water partition coefficient (Wildman–Crippen LogP) is 4.92. The van der Waals surface area contributed by atoms with Crippen LogP contribution in [0, 0.1) is 0 Å². The van der Waals surface area contributed by atoms with Crippen LogP contribution in [0.5, 0.6) is 11.5 Å². The molecule has 1 unspecified atom stereocenters. The van der Waals surface area contributed by atoms with Crippen molar-refractivity contribution >= 4 is 14.5 Å². The van der Waals surface area contributed by atoms with Crippen molar-refractivity contribution in [2.24, 2.45) is 0 Å². The summed E-state index contributed by atoms with van der Waals surface area (Å²) in [7, 11) is 6.38. The van der Waals surface area contributed by atoms with Crippen molar-refractivity contribution in [3.05, 3.63) is 42.0 Å². The molecule has 2 nitrogen and oxygen atoms in total. The first-order chi connectivity index (χ1) is 11.3. The summed E-state index contributed by atoms with van der Waals surface area (Å²) in [4.78, 5) is 0.